The molecule has 1 unspecified atom stereocenters. The van der Waals surface area contributed by atoms with E-state index in [-0.39, 0.29) is 12.6 Å². The lowest BCUT2D eigenvalue weighted by Crippen LogP contribution is -2.42. The molecule has 1 fully saturated rings. The van der Waals surface area contributed by atoms with Gasteiger partial charge in [0.15, 0.2) is 11.0 Å². The van der Waals surface area contributed by atoms with Gasteiger partial charge in [-0.2, -0.15) is 0 Å². The van der Waals surface area contributed by atoms with E-state index in [9.17, 15) is 5.11 Å². The quantitative estimate of drug-likeness (QED) is 0.879. The number of anilines is 1. The number of rotatable bonds is 2. The van der Waals surface area contributed by atoms with E-state index in [1.54, 1.807) is 0 Å². The molecule has 0 amide bonds. The molecule has 5 heteroatoms. The highest BCUT2D eigenvalue weighted by Gasteiger charge is 2.25. The van der Waals surface area contributed by atoms with Gasteiger partial charge in [0.05, 0.1) is 24.0 Å². The summed E-state index contributed by atoms with van der Waals surface area (Å²) < 4.78 is 0. The number of nitrogens with zero attached hydrogens (tertiary/aromatic N) is 3. The Hall–Kier alpha value is -0.870. The van der Waals surface area contributed by atoms with Crippen molar-refractivity contribution in [3.63, 3.8) is 0 Å². The molecule has 1 saturated heterocycles. The summed E-state index contributed by atoms with van der Waals surface area (Å²) >= 11 is 6.16. The van der Waals surface area contributed by atoms with Gasteiger partial charge in [-0.15, -0.1) is 0 Å². The van der Waals surface area contributed by atoms with Crippen molar-refractivity contribution in [2.45, 2.75) is 39.2 Å². The van der Waals surface area contributed by atoms with Crippen molar-refractivity contribution in [1.29, 1.82) is 0 Å². The molecule has 0 bridgehead atoms. The highest BCUT2D eigenvalue weighted by Crippen LogP contribution is 2.28. The second-order valence-corrected chi connectivity index (χ2v) is 4.89. The standard InChI is InChI=1S/C12H18ClN3O/c1-8-9(2)15-12(11(13)14-8)16-6-4-3-5-10(16)7-17/h10,17H,3-7H2,1-2H3. The first-order valence-corrected chi connectivity index (χ1v) is 6.39. The molecule has 1 aromatic heterocycles. The molecule has 1 aliphatic rings. The van der Waals surface area contributed by atoms with Crippen LogP contribution in [-0.4, -0.2) is 34.3 Å². The zero-order chi connectivity index (χ0) is 12.4. The van der Waals surface area contributed by atoms with Crippen molar-refractivity contribution >= 4 is 17.4 Å². The Morgan fingerprint density at radius 3 is 2.71 bits per heavy atom. The molecule has 1 aliphatic heterocycles. The van der Waals surface area contributed by atoms with Gasteiger partial charge in [0.1, 0.15) is 0 Å². The van der Waals surface area contributed by atoms with Crippen LogP contribution in [0, 0.1) is 13.8 Å². The lowest BCUT2D eigenvalue weighted by Gasteiger charge is -2.35. The first kappa shape index (κ1) is 12.6. The predicted octanol–water partition coefficient (Wildman–Crippen LogP) is 2.10. The number of aliphatic hydroxyl groups excluding tert-OH is 1. The SMILES string of the molecule is Cc1nc(Cl)c(N2CCCCC2CO)nc1C. The van der Waals surface area contributed by atoms with E-state index in [0.29, 0.717) is 11.0 Å². The third-order valence-corrected chi connectivity index (χ3v) is 3.61. The molecule has 1 aromatic rings. The lowest BCUT2D eigenvalue weighted by atomic mass is 10.0. The van der Waals surface area contributed by atoms with Crippen molar-refractivity contribution in [2.75, 3.05) is 18.1 Å². The maximum Gasteiger partial charge on any atom is 0.171 e. The molecule has 0 saturated carbocycles. The number of halogens is 1. The number of aromatic nitrogens is 2. The van der Waals surface area contributed by atoms with Crippen molar-refractivity contribution in [2.24, 2.45) is 0 Å². The monoisotopic (exact) mass is 255 g/mol. The van der Waals surface area contributed by atoms with Crippen molar-refractivity contribution in [3.8, 4) is 0 Å². The summed E-state index contributed by atoms with van der Waals surface area (Å²) in [5.74, 6) is 0.716. The maximum absolute atomic E-state index is 9.40. The van der Waals surface area contributed by atoms with E-state index in [0.717, 1.165) is 37.2 Å². The Morgan fingerprint density at radius 2 is 2.00 bits per heavy atom. The van der Waals surface area contributed by atoms with Crippen LogP contribution in [0.5, 0.6) is 0 Å². The van der Waals surface area contributed by atoms with E-state index < -0.39 is 0 Å². The zero-order valence-corrected chi connectivity index (χ0v) is 11.0. The Morgan fingerprint density at radius 1 is 1.29 bits per heavy atom. The summed E-state index contributed by atoms with van der Waals surface area (Å²) in [6, 6.07) is 0.123. The summed E-state index contributed by atoms with van der Waals surface area (Å²) in [6.45, 7) is 4.87. The number of aryl methyl sites for hydroxylation is 2. The van der Waals surface area contributed by atoms with Gasteiger partial charge in [0.25, 0.3) is 0 Å². The summed E-state index contributed by atoms with van der Waals surface area (Å²) in [6.07, 6.45) is 3.25. The smallest absolute Gasteiger partial charge is 0.171 e. The van der Waals surface area contributed by atoms with E-state index in [1.165, 1.54) is 0 Å². The zero-order valence-electron chi connectivity index (χ0n) is 10.3. The molecule has 1 N–H and O–H groups in total. The third-order valence-electron chi connectivity index (χ3n) is 3.36. The molecular formula is C12H18ClN3O. The second kappa shape index (κ2) is 5.19. The fraction of sp³-hybridized carbons (Fsp3) is 0.667. The lowest BCUT2D eigenvalue weighted by molar-refractivity contribution is 0.239. The minimum absolute atomic E-state index is 0.123. The largest absolute Gasteiger partial charge is 0.394 e. The van der Waals surface area contributed by atoms with Gasteiger partial charge in [-0.1, -0.05) is 11.6 Å². The highest BCUT2D eigenvalue weighted by atomic mass is 35.5. The first-order valence-electron chi connectivity index (χ1n) is 6.01. The van der Waals surface area contributed by atoms with E-state index in [1.807, 2.05) is 13.8 Å². The van der Waals surface area contributed by atoms with Gasteiger partial charge in [-0.05, 0) is 33.1 Å². The maximum atomic E-state index is 9.40. The van der Waals surface area contributed by atoms with Gasteiger partial charge >= 0.3 is 0 Å². The Balaban J connectivity index is 2.34. The molecule has 94 valence electrons. The minimum Gasteiger partial charge on any atom is -0.394 e. The molecule has 0 aliphatic carbocycles. The summed E-state index contributed by atoms with van der Waals surface area (Å²) in [5, 5.41) is 9.84. The number of aliphatic hydroxyl groups is 1. The Labute approximate surface area is 107 Å². The summed E-state index contributed by atoms with van der Waals surface area (Å²) in [4.78, 5) is 10.9. The minimum atomic E-state index is 0.123. The number of hydrogen-bond acceptors (Lipinski definition) is 4. The molecule has 0 radical (unpaired) electrons. The van der Waals surface area contributed by atoms with Crippen LogP contribution in [0.4, 0.5) is 5.82 Å². The molecule has 4 nitrogen and oxygen atoms in total. The fourth-order valence-corrected chi connectivity index (χ4v) is 2.49. The average Bonchev–Trinajstić information content (AvgIpc) is 2.34. The summed E-state index contributed by atoms with van der Waals surface area (Å²) in [7, 11) is 0. The van der Waals surface area contributed by atoms with Crippen LogP contribution < -0.4 is 4.90 Å². The first-order chi connectivity index (χ1) is 8.13. The molecular weight excluding hydrogens is 238 g/mol. The van der Waals surface area contributed by atoms with E-state index in [2.05, 4.69) is 14.9 Å². The molecule has 1 atom stereocenters. The van der Waals surface area contributed by atoms with Crippen molar-refractivity contribution in [3.05, 3.63) is 16.5 Å². The van der Waals surface area contributed by atoms with Gasteiger partial charge in [-0.25, -0.2) is 9.97 Å². The second-order valence-electron chi connectivity index (χ2n) is 4.53. The molecule has 2 rings (SSSR count). The third kappa shape index (κ3) is 2.53. The van der Waals surface area contributed by atoms with Crippen molar-refractivity contribution < 1.29 is 5.11 Å². The van der Waals surface area contributed by atoms with Gasteiger partial charge < -0.3 is 10.0 Å². The summed E-state index contributed by atoms with van der Waals surface area (Å²) in [5.41, 5.74) is 1.75. The van der Waals surface area contributed by atoms with E-state index >= 15 is 0 Å². The van der Waals surface area contributed by atoms with Crippen LogP contribution in [0.25, 0.3) is 0 Å². The Kier molecular flexibility index (Phi) is 3.84. The fourth-order valence-electron chi connectivity index (χ4n) is 2.22. The van der Waals surface area contributed by atoms with Gasteiger partial charge in [-0.3, -0.25) is 0 Å². The molecule has 17 heavy (non-hydrogen) atoms. The predicted molar refractivity (Wildman–Crippen MR) is 68.6 cm³/mol. The topological polar surface area (TPSA) is 49.2 Å². The van der Waals surface area contributed by atoms with Crippen molar-refractivity contribution in [1.82, 2.24) is 9.97 Å². The van der Waals surface area contributed by atoms with Crippen LogP contribution in [0.2, 0.25) is 5.15 Å². The normalized spacial score (nSPS) is 20.7. The van der Waals surface area contributed by atoms with Gasteiger partial charge in [0.2, 0.25) is 0 Å². The Bertz CT molecular complexity index is 411. The molecule has 0 aromatic carbocycles. The van der Waals surface area contributed by atoms with Crippen LogP contribution in [-0.2, 0) is 0 Å². The average molecular weight is 256 g/mol. The van der Waals surface area contributed by atoms with Gasteiger partial charge in [0, 0.05) is 6.54 Å². The van der Waals surface area contributed by atoms with Crippen LogP contribution in [0.3, 0.4) is 0 Å². The molecule has 0 spiro atoms. The van der Waals surface area contributed by atoms with E-state index in [4.69, 9.17) is 11.6 Å². The number of piperidine rings is 1. The van der Waals surface area contributed by atoms with Crippen LogP contribution in [0.15, 0.2) is 0 Å². The van der Waals surface area contributed by atoms with Crippen LogP contribution >= 0.6 is 11.6 Å². The van der Waals surface area contributed by atoms with Crippen LogP contribution in [0.1, 0.15) is 30.7 Å². The number of hydrogen-bond donors (Lipinski definition) is 1. The molecule has 2 heterocycles. The highest BCUT2D eigenvalue weighted by molar-refractivity contribution is 6.31.